The van der Waals surface area contributed by atoms with E-state index in [1.807, 2.05) is 0 Å². The zero-order valence-electron chi connectivity index (χ0n) is 17.5. The Morgan fingerprint density at radius 3 is 2.27 bits per heavy atom. The molecule has 0 radical (unpaired) electrons. The van der Waals surface area contributed by atoms with Gasteiger partial charge < -0.3 is 14.2 Å². The van der Waals surface area contributed by atoms with Crippen molar-refractivity contribution < 1.29 is 28.6 Å². The van der Waals surface area contributed by atoms with Gasteiger partial charge in [-0.05, 0) is 70.2 Å². The Bertz CT molecular complexity index is 959. The first-order valence-corrected chi connectivity index (χ1v) is 9.12. The molecule has 2 rings (SSSR count). The lowest BCUT2D eigenvalue weighted by atomic mass is 10.2. The van der Waals surface area contributed by atoms with Crippen molar-refractivity contribution in [3.05, 3.63) is 53.6 Å². The van der Waals surface area contributed by atoms with E-state index in [2.05, 4.69) is 10.3 Å². The monoisotopic (exact) mass is 412 g/mol. The molecule has 0 heterocycles. The number of carbonyl (C=O) groups is 3. The Labute approximate surface area is 174 Å². The zero-order chi connectivity index (χ0) is 22.3. The van der Waals surface area contributed by atoms with Crippen LogP contribution in [0.5, 0.6) is 11.5 Å². The minimum atomic E-state index is -0.609. The molecule has 0 atom stereocenters. The lowest BCUT2D eigenvalue weighted by Crippen LogP contribution is -2.35. The number of aldehydes is 1. The average molecular weight is 412 g/mol. The second kappa shape index (κ2) is 9.69. The van der Waals surface area contributed by atoms with E-state index in [4.69, 9.17) is 14.2 Å². The molecule has 8 heteroatoms. The van der Waals surface area contributed by atoms with Crippen LogP contribution in [0.1, 0.15) is 48.4 Å². The Morgan fingerprint density at radius 2 is 1.70 bits per heavy atom. The molecule has 0 saturated carbocycles. The number of ether oxygens (including phenoxy) is 3. The molecule has 0 spiro atoms. The number of hydrogen-bond donors (Lipinski definition) is 1. The van der Waals surface area contributed by atoms with E-state index >= 15 is 0 Å². The van der Waals surface area contributed by atoms with Crippen LogP contribution in [0.2, 0.25) is 0 Å². The molecule has 1 amide bonds. The summed E-state index contributed by atoms with van der Waals surface area (Å²) in [6.45, 7) is 6.93. The second-order valence-corrected chi connectivity index (χ2v) is 7.29. The molecule has 2 aromatic rings. The van der Waals surface area contributed by atoms with Gasteiger partial charge in [-0.1, -0.05) is 0 Å². The smallest absolute Gasteiger partial charge is 0.413 e. The standard InChI is InChI=1S/C22H24N2O6/c1-14(24-21(27)30-22(2,3)4)23-17-9-7-16(8-10-17)20(26)29-18-11-6-15(13-25)12-19(18)28-5/h6-13H,1-5H3,(H,23,24,27). The molecule has 1 N–H and O–H groups in total. The van der Waals surface area contributed by atoms with Crippen LogP contribution in [0.25, 0.3) is 0 Å². The first kappa shape index (κ1) is 22.6. The minimum Gasteiger partial charge on any atom is -0.493 e. The predicted octanol–water partition coefficient (Wildman–Crippen LogP) is 4.30. The number of carbonyl (C=O) groups excluding carboxylic acids is 3. The van der Waals surface area contributed by atoms with Crippen LogP contribution in [0, 0.1) is 0 Å². The van der Waals surface area contributed by atoms with Gasteiger partial charge in [0, 0.05) is 5.56 Å². The van der Waals surface area contributed by atoms with Crippen LogP contribution in [-0.2, 0) is 4.74 Å². The Kier molecular flexibility index (Phi) is 7.30. The highest BCUT2D eigenvalue weighted by molar-refractivity contribution is 5.95. The topological polar surface area (TPSA) is 103 Å². The third-order valence-electron chi connectivity index (χ3n) is 3.61. The second-order valence-electron chi connectivity index (χ2n) is 7.29. The Balaban J connectivity index is 2.05. The van der Waals surface area contributed by atoms with Crippen molar-refractivity contribution in [3.63, 3.8) is 0 Å². The fourth-order valence-corrected chi connectivity index (χ4v) is 2.35. The number of benzene rings is 2. The molecule has 0 aliphatic rings. The molecule has 158 valence electrons. The summed E-state index contributed by atoms with van der Waals surface area (Å²) in [6, 6.07) is 10.8. The highest BCUT2D eigenvalue weighted by atomic mass is 16.6. The van der Waals surface area contributed by atoms with E-state index in [0.29, 0.717) is 28.9 Å². The largest absolute Gasteiger partial charge is 0.493 e. The fourth-order valence-electron chi connectivity index (χ4n) is 2.35. The summed E-state index contributed by atoms with van der Waals surface area (Å²) in [5.74, 6) is 0.233. The maximum atomic E-state index is 12.4. The lowest BCUT2D eigenvalue weighted by molar-refractivity contribution is 0.0562. The molecule has 0 unspecified atom stereocenters. The molecular weight excluding hydrogens is 388 g/mol. The molecule has 0 aromatic heterocycles. The molecule has 0 aliphatic heterocycles. The zero-order valence-corrected chi connectivity index (χ0v) is 17.5. The third kappa shape index (κ3) is 6.73. The highest BCUT2D eigenvalue weighted by Crippen LogP contribution is 2.28. The molecule has 0 fully saturated rings. The van der Waals surface area contributed by atoms with E-state index in [9.17, 15) is 14.4 Å². The van der Waals surface area contributed by atoms with Gasteiger partial charge in [0.2, 0.25) is 0 Å². The number of aliphatic imine (C=N–C) groups is 1. The van der Waals surface area contributed by atoms with Crippen molar-refractivity contribution in [2.24, 2.45) is 4.99 Å². The van der Waals surface area contributed by atoms with Crippen molar-refractivity contribution >= 4 is 29.9 Å². The van der Waals surface area contributed by atoms with Gasteiger partial charge in [0.05, 0.1) is 18.4 Å². The maximum absolute atomic E-state index is 12.4. The van der Waals surface area contributed by atoms with Gasteiger partial charge in [0.1, 0.15) is 17.7 Å². The number of methoxy groups -OCH3 is 1. The lowest BCUT2D eigenvalue weighted by Gasteiger charge is -2.19. The molecule has 0 bridgehead atoms. The molecule has 2 aromatic carbocycles. The van der Waals surface area contributed by atoms with E-state index in [0.717, 1.165) is 0 Å². The van der Waals surface area contributed by atoms with Crippen LogP contribution in [0.4, 0.5) is 10.5 Å². The van der Waals surface area contributed by atoms with Gasteiger partial charge >= 0.3 is 12.1 Å². The van der Waals surface area contributed by atoms with Crippen molar-refractivity contribution in [1.29, 1.82) is 0 Å². The van der Waals surface area contributed by atoms with E-state index in [1.165, 1.54) is 25.3 Å². The third-order valence-corrected chi connectivity index (χ3v) is 3.61. The number of nitrogens with zero attached hydrogens (tertiary/aromatic N) is 1. The number of alkyl carbamates (subject to hydrolysis) is 1. The first-order chi connectivity index (χ1) is 14.1. The summed E-state index contributed by atoms with van der Waals surface area (Å²) in [5, 5.41) is 2.54. The number of esters is 1. The molecular formula is C22H24N2O6. The SMILES string of the molecule is COc1cc(C=O)ccc1OC(=O)c1ccc(N=C(C)NC(=O)OC(C)(C)C)cc1. The van der Waals surface area contributed by atoms with Gasteiger partial charge in [-0.2, -0.15) is 0 Å². The first-order valence-electron chi connectivity index (χ1n) is 9.12. The summed E-state index contributed by atoms with van der Waals surface area (Å²) < 4.78 is 15.7. The maximum Gasteiger partial charge on any atom is 0.413 e. The summed E-state index contributed by atoms with van der Waals surface area (Å²) in [5.41, 5.74) is 0.633. The van der Waals surface area contributed by atoms with E-state index in [-0.39, 0.29) is 11.5 Å². The summed E-state index contributed by atoms with van der Waals surface area (Å²) in [7, 11) is 1.42. The average Bonchev–Trinajstić information content (AvgIpc) is 2.67. The van der Waals surface area contributed by atoms with Gasteiger partial charge in [-0.15, -0.1) is 0 Å². The number of amidine groups is 1. The van der Waals surface area contributed by atoms with E-state index < -0.39 is 17.7 Å². The normalized spacial score (nSPS) is 11.4. The molecule has 8 nitrogen and oxygen atoms in total. The summed E-state index contributed by atoms with van der Waals surface area (Å²) in [6.07, 6.45) is 0.0750. The van der Waals surface area contributed by atoms with E-state index in [1.54, 1.807) is 52.0 Å². The number of amides is 1. The van der Waals surface area contributed by atoms with Crippen molar-refractivity contribution in [2.75, 3.05) is 7.11 Å². The fraction of sp³-hybridized carbons (Fsp3) is 0.273. The molecule has 0 aliphatic carbocycles. The van der Waals surface area contributed by atoms with Crippen LogP contribution < -0.4 is 14.8 Å². The summed E-state index contributed by atoms with van der Waals surface area (Å²) >= 11 is 0. The Morgan fingerprint density at radius 1 is 1.03 bits per heavy atom. The summed E-state index contributed by atoms with van der Waals surface area (Å²) in [4.78, 5) is 39.3. The predicted molar refractivity (Wildman–Crippen MR) is 112 cm³/mol. The van der Waals surface area contributed by atoms with Gasteiger partial charge in [-0.3, -0.25) is 10.1 Å². The van der Waals surface area contributed by atoms with Crippen molar-refractivity contribution in [3.8, 4) is 11.5 Å². The van der Waals surface area contributed by atoms with Crippen LogP contribution in [-0.4, -0.2) is 36.9 Å². The minimum absolute atomic E-state index is 0.201. The van der Waals surface area contributed by atoms with Gasteiger partial charge in [0.15, 0.2) is 11.5 Å². The quantitative estimate of drug-likeness (QED) is 0.258. The molecule has 0 saturated heterocycles. The van der Waals surface area contributed by atoms with Crippen LogP contribution in [0.3, 0.4) is 0 Å². The number of rotatable bonds is 5. The van der Waals surface area contributed by atoms with Crippen LogP contribution >= 0.6 is 0 Å². The number of nitrogens with one attached hydrogen (secondary N) is 1. The van der Waals surface area contributed by atoms with Crippen molar-refractivity contribution in [2.45, 2.75) is 33.3 Å². The number of hydrogen-bond acceptors (Lipinski definition) is 7. The Hall–Kier alpha value is -3.68. The van der Waals surface area contributed by atoms with Gasteiger partial charge in [0.25, 0.3) is 0 Å². The highest BCUT2D eigenvalue weighted by Gasteiger charge is 2.16. The van der Waals surface area contributed by atoms with Gasteiger partial charge in [-0.25, -0.2) is 14.6 Å². The molecule has 30 heavy (non-hydrogen) atoms. The van der Waals surface area contributed by atoms with Crippen molar-refractivity contribution in [1.82, 2.24) is 5.32 Å². The van der Waals surface area contributed by atoms with Crippen LogP contribution in [0.15, 0.2) is 47.5 Å².